The number of ether oxygens (including phenoxy) is 1. The molecule has 1 aromatic rings. The van der Waals surface area contributed by atoms with Gasteiger partial charge in [-0.2, -0.15) is 0 Å². The number of amides is 1. The van der Waals surface area contributed by atoms with Gasteiger partial charge in [-0.1, -0.05) is 6.92 Å². The third-order valence-corrected chi connectivity index (χ3v) is 4.82. The highest BCUT2D eigenvalue weighted by atomic mass is 79.9. The van der Waals surface area contributed by atoms with E-state index in [9.17, 15) is 20.0 Å². The lowest BCUT2D eigenvalue weighted by molar-refractivity contribution is -0.385. The number of nitro benzene ring substituents is 1. The number of hydrogen-bond acceptors (Lipinski definition) is 6. The van der Waals surface area contributed by atoms with Crippen molar-refractivity contribution in [2.75, 3.05) is 26.7 Å². The van der Waals surface area contributed by atoms with Crippen molar-refractivity contribution in [3.8, 4) is 11.5 Å². The molecule has 1 atom stereocenters. The number of nitro groups is 1. The Balaban J connectivity index is 2.26. The van der Waals surface area contributed by atoms with Crippen molar-refractivity contribution in [3.05, 3.63) is 26.2 Å². The largest absolute Gasteiger partial charge is 0.506 e. The van der Waals surface area contributed by atoms with E-state index in [0.717, 1.165) is 32.0 Å². The molecule has 1 fully saturated rings. The topological polar surface area (TPSA) is 105 Å². The van der Waals surface area contributed by atoms with Crippen LogP contribution < -0.4 is 10.1 Å². The van der Waals surface area contributed by atoms with E-state index in [-0.39, 0.29) is 33.3 Å². The molecule has 1 saturated heterocycles. The molecule has 0 unspecified atom stereocenters. The Hall–Kier alpha value is -1.87. The molecule has 8 nitrogen and oxygen atoms in total. The molecule has 0 bridgehead atoms. The maximum absolute atomic E-state index is 12.5. The van der Waals surface area contributed by atoms with Gasteiger partial charge in [0.05, 0.1) is 16.5 Å². The van der Waals surface area contributed by atoms with Crippen LogP contribution in [0.5, 0.6) is 11.5 Å². The molecule has 0 aromatic heterocycles. The van der Waals surface area contributed by atoms with Gasteiger partial charge in [-0.15, -0.1) is 0 Å². The fourth-order valence-corrected chi connectivity index (χ4v) is 3.42. The average Bonchev–Trinajstić information content (AvgIpc) is 3.01. The summed E-state index contributed by atoms with van der Waals surface area (Å²) in [5, 5.41) is 24.1. The van der Waals surface area contributed by atoms with E-state index in [4.69, 9.17) is 4.74 Å². The SMILES string of the molecule is CCN1CCC[C@H]1CNC(=O)c1c(O)c(Br)cc([N+](=O)[O-])c1OC. The number of carbonyl (C=O) groups is 1. The van der Waals surface area contributed by atoms with Crippen LogP contribution >= 0.6 is 15.9 Å². The molecule has 2 rings (SSSR count). The molecule has 1 aromatic carbocycles. The standard InChI is InChI=1S/C15H20BrN3O5/c1-3-18-6-4-5-9(18)8-17-15(21)12-13(20)10(16)7-11(19(22)23)14(12)24-2/h7,9,20H,3-6,8H2,1-2H3,(H,17,21)/t9-/m0/s1. The monoisotopic (exact) mass is 401 g/mol. The second-order valence-corrected chi connectivity index (χ2v) is 6.38. The quantitative estimate of drug-likeness (QED) is 0.559. The fourth-order valence-electron chi connectivity index (χ4n) is 3.00. The molecule has 1 aliphatic rings. The average molecular weight is 402 g/mol. The third-order valence-electron chi connectivity index (χ3n) is 4.22. The molecule has 0 spiro atoms. The van der Waals surface area contributed by atoms with Crippen LogP contribution in [0, 0.1) is 10.1 Å². The zero-order chi connectivity index (χ0) is 17.9. The van der Waals surface area contributed by atoms with Gasteiger partial charge in [0.15, 0.2) is 0 Å². The highest BCUT2D eigenvalue weighted by molar-refractivity contribution is 9.10. The predicted molar refractivity (Wildman–Crippen MR) is 91.6 cm³/mol. The first-order chi connectivity index (χ1) is 11.4. The highest BCUT2D eigenvalue weighted by Crippen LogP contribution is 2.41. The van der Waals surface area contributed by atoms with E-state index in [1.165, 1.54) is 7.11 Å². The number of methoxy groups -OCH3 is 1. The summed E-state index contributed by atoms with van der Waals surface area (Å²) in [6, 6.07) is 1.34. The minimum atomic E-state index is -0.657. The van der Waals surface area contributed by atoms with Gasteiger partial charge in [0.25, 0.3) is 5.91 Å². The molecule has 1 amide bonds. The summed E-state index contributed by atoms with van der Waals surface area (Å²) in [5.41, 5.74) is -0.622. The number of carbonyl (C=O) groups excluding carboxylic acids is 1. The molecule has 2 N–H and O–H groups in total. The number of phenols is 1. The van der Waals surface area contributed by atoms with Crippen LogP contribution in [-0.2, 0) is 0 Å². The van der Waals surface area contributed by atoms with Gasteiger partial charge in [0.1, 0.15) is 11.3 Å². The normalized spacial score (nSPS) is 17.7. The summed E-state index contributed by atoms with van der Waals surface area (Å²) in [6.07, 6.45) is 2.06. The van der Waals surface area contributed by atoms with Gasteiger partial charge in [-0.3, -0.25) is 19.8 Å². The first kappa shape index (κ1) is 18.5. The number of likely N-dealkylation sites (N-methyl/N-ethyl adjacent to an activating group) is 1. The van der Waals surface area contributed by atoms with E-state index in [1.807, 2.05) is 0 Å². The van der Waals surface area contributed by atoms with Crippen LogP contribution in [0.3, 0.4) is 0 Å². The van der Waals surface area contributed by atoms with Crippen LogP contribution in [0.1, 0.15) is 30.1 Å². The number of benzene rings is 1. The Labute approximate surface area is 148 Å². The van der Waals surface area contributed by atoms with E-state index in [0.29, 0.717) is 6.54 Å². The fraction of sp³-hybridized carbons (Fsp3) is 0.533. The number of nitrogens with zero attached hydrogens (tertiary/aromatic N) is 2. The van der Waals surface area contributed by atoms with Gasteiger partial charge in [0, 0.05) is 18.7 Å². The molecule has 1 aliphatic heterocycles. The minimum Gasteiger partial charge on any atom is -0.506 e. The number of halogens is 1. The predicted octanol–water partition coefficient (Wildman–Crippen LogP) is 2.29. The summed E-state index contributed by atoms with van der Waals surface area (Å²) < 4.78 is 5.08. The van der Waals surface area contributed by atoms with Gasteiger partial charge in [-0.25, -0.2) is 0 Å². The van der Waals surface area contributed by atoms with Crippen molar-refractivity contribution < 1.29 is 19.6 Å². The van der Waals surface area contributed by atoms with Crippen molar-refractivity contribution in [2.24, 2.45) is 0 Å². The minimum absolute atomic E-state index is 0.0659. The van der Waals surface area contributed by atoms with Crippen LogP contribution in [0.25, 0.3) is 0 Å². The number of nitrogens with one attached hydrogen (secondary N) is 1. The first-order valence-electron chi connectivity index (χ1n) is 7.66. The molecular weight excluding hydrogens is 382 g/mol. The van der Waals surface area contributed by atoms with E-state index in [2.05, 4.69) is 33.1 Å². The lowest BCUT2D eigenvalue weighted by Crippen LogP contribution is -2.40. The number of aromatic hydroxyl groups is 1. The summed E-state index contributed by atoms with van der Waals surface area (Å²) in [5.74, 6) is -1.23. The lowest BCUT2D eigenvalue weighted by atomic mass is 10.1. The highest BCUT2D eigenvalue weighted by Gasteiger charge is 2.30. The van der Waals surface area contributed by atoms with Crippen molar-refractivity contribution in [2.45, 2.75) is 25.8 Å². The number of hydrogen-bond donors (Lipinski definition) is 2. The van der Waals surface area contributed by atoms with Crippen LogP contribution in [-0.4, -0.2) is 53.6 Å². The number of phenolic OH excluding ortho intramolecular Hbond substituents is 1. The van der Waals surface area contributed by atoms with Crippen LogP contribution in [0.15, 0.2) is 10.5 Å². The Morgan fingerprint density at radius 3 is 2.92 bits per heavy atom. The van der Waals surface area contributed by atoms with Gasteiger partial charge in [-0.05, 0) is 41.9 Å². The number of rotatable bonds is 6. The van der Waals surface area contributed by atoms with Crippen LogP contribution in [0.4, 0.5) is 5.69 Å². The molecule has 0 radical (unpaired) electrons. The van der Waals surface area contributed by atoms with Gasteiger partial charge in [0.2, 0.25) is 5.75 Å². The van der Waals surface area contributed by atoms with Crippen molar-refractivity contribution in [1.82, 2.24) is 10.2 Å². The first-order valence-corrected chi connectivity index (χ1v) is 8.46. The second-order valence-electron chi connectivity index (χ2n) is 5.53. The zero-order valence-electron chi connectivity index (χ0n) is 13.5. The van der Waals surface area contributed by atoms with Gasteiger partial charge < -0.3 is 15.2 Å². The maximum Gasteiger partial charge on any atom is 0.313 e. The second kappa shape index (κ2) is 7.80. The zero-order valence-corrected chi connectivity index (χ0v) is 15.1. The van der Waals surface area contributed by atoms with E-state index < -0.39 is 10.8 Å². The Kier molecular flexibility index (Phi) is 6.00. The molecule has 1 heterocycles. The Morgan fingerprint density at radius 2 is 2.33 bits per heavy atom. The van der Waals surface area contributed by atoms with Crippen LogP contribution in [0.2, 0.25) is 0 Å². The molecule has 9 heteroatoms. The third kappa shape index (κ3) is 3.62. The number of likely N-dealkylation sites (tertiary alicyclic amines) is 1. The maximum atomic E-state index is 12.5. The van der Waals surface area contributed by atoms with E-state index in [1.54, 1.807) is 0 Å². The molecular formula is C15H20BrN3O5. The smallest absolute Gasteiger partial charge is 0.313 e. The van der Waals surface area contributed by atoms with Crippen molar-refractivity contribution in [1.29, 1.82) is 0 Å². The summed E-state index contributed by atoms with van der Waals surface area (Å²) in [7, 11) is 1.22. The summed E-state index contributed by atoms with van der Waals surface area (Å²) in [4.78, 5) is 25.3. The summed E-state index contributed by atoms with van der Waals surface area (Å²) in [6.45, 7) is 4.37. The molecule has 0 aliphatic carbocycles. The van der Waals surface area contributed by atoms with Crippen molar-refractivity contribution in [3.63, 3.8) is 0 Å². The summed E-state index contributed by atoms with van der Waals surface area (Å²) >= 11 is 3.04. The lowest BCUT2D eigenvalue weighted by Gasteiger charge is -2.23. The van der Waals surface area contributed by atoms with Crippen molar-refractivity contribution >= 4 is 27.5 Å². The van der Waals surface area contributed by atoms with E-state index >= 15 is 0 Å². The van der Waals surface area contributed by atoms with Gasteiger partial charge >= 0.3 is 5.69 Å². The Morgan fingerprint density at radius 1 is 1.62 bits per heavy atom. The molecule has 0 saturated carbocycles. The molecule has 132 valence electrons. The Bertz CT molecular complexity index is 652. The molecule has 24 heavy (non-hydrogen) atoms.